The fourth-order valence-corrected chi connectivity index (χ4v) is 1.72. The highest BCUT2D eigenvalue weighted by Gasteiger charge is 2.10. The maximum Gasteiger partial charge on any atom is 0.251 e. The topological polar surface area (TPSA) is 42.0 Å². The molecule has 0 aliphatic rings. The zero-order chi connectivity index (χ0) is 12.1. The Labute approximate surface area is 101 Å². The molecule has 17 heavy (non-hydrogen) atoms. The van der Waals surface area contributed by atoms with Crippen molar-refractivity contribution in [3.8, 4) is 11.1 Å². The Kier molecular flexibility index (Phi) is 3.50. The molecule has 86 valence electrons. The molecular formula is C14H14N2O. The molecule has 3 heteroatoms. The standard InChI is InChI=1S/C14H14N2O/c1-2-16-14(17)13-6-4-3-5-12(13)11-7-9-15-10-8-11/h3-10H,2H2,1H3,(H,16,17). The molecule has 1 aromatic carbocycles. The minimum atomic E-state index is -0.0417. The molecule has 1 N–H and O–H groups in total. The lowest BCUT2D eigenvalue weighted by Gasteiger charge is -2.08. The number of nitrogens with zero attached hydrogens (tertiary/aromatic N) is 1. The van der Waals surface area contributed by atoms with Gasteiger partial charge in [0.05, 0.1) is 0 Å². The molecule has 0 fully saturated rings. The van der Waals surface area contributed by atoms with E-state index in [2.05, 4.69) is 10.3 Å². The molecule has 0 bridgehead atoms. The Morgan fingerprint density at radius 2 is 1.88 bits per heavy atom. The Hall–Kier alpha value is -2.16. The molecular weight excluding hydrogens is 212 g/mol. The van der Waals surface area contributed by atoms with Crippen LogP contribution in [0.4, 0.5) is 0 Å². The molecule has 1 amide bonds. The number of nitrogens with one attached hydrogen (secondary N) is 1. The summed E-state index contributed by atoms with van der Waals surface area (Å²) in [5.74, 6) is -0.0417. The third-order valence-electron chi connectivity index (χ3n) is 2.50. The quantitative estimate of drug-likeness (QED) is 0.873. The smallest absolute Gasteiger partial charge is 0.251 e. The molecule has 0 aliphatic heterocycles. The predicted octanol–water partition coefficient (Wildman–Crippen LogP) is 2.50. The highest BCUT2D eigenvalue weighted by atomic mass is 16.1. The van der Waals surface area contributed by atoms with E-state index in [4.69, 9.17) is 0 Å². The minimum Gasteiger partial charge on any atom is -0.352 e. The van der Waals surface area contributed by atoms with E-state index in [-0.39, 0.29) is 5.91 Å². The largest absolute Gasteiger partial charge is 0.352 e. The lowest BCUT2D eigenvalue weighted by Crippen LogP contribution is -2.23. The summed E-state index contributed by atoms with van der Waals surface area (Å²) in [5, 5.41) is 2.82. The fourth-order valence-electron chi connectivity index (χ4n) is 1.72. The van der Waals surface area contributed by atoms with Crippen molar-refractivity contribution in [2.24, 2.45) is 0 Å². The van der Waals surface area contributed by atoms with Gasteiger partial charge in [-0.05, 0) is 36.2 Å². The van der Waals surface area contributed by atoms with E-state index < -0.39 is 0 Å². The van der Waals surface area contributed by atoms with E-state index in [1.807, 2.05) is 43.3 Å². The van der Waals surface area contributed by atoms with Gasteiger partial charge in [0.2, 0.25) is 0 Å². The van der Waals surface area contributed by atoms with E-state index in [0.717, 1.165) is 11.1 Å². The van der Waals surface area contributed by atoms with Crippen LogP contribution < -0.4 is 5.32 Å². The van der Waals surface area contributed by atoms with Gasteiger partial charge in [-0.3, -0.25) is 9.78 Å². The number of benzene rings is 1. The summed E-state index contributed by atoms with van der Waals surface area (Å²) in [6.45, 7) is 2.54. The number of hydrogen-bond acceptors (Lipinski definition) is 2. The number of carbonyl (C=O) groups excluding carboxylic acids is 1. The van der Waals surface area contributed by atoms with Gasteiger partial charge in [0.25, 0.3) is 5.91 Å². The Balaban J connectivity index is 2.45. The van der Waals surface area contributed by atoms with Gasteiger partial charge in [-0.15, -0.1) is 0 Å². The number of aromatic nitrogens is 1. The second-order valence-corrected chi connectivity index (χ2v) is 3.64. The van der Waals surface area contributed by atoms with Gasteiger partial charge in [0.15, 0.2) is 0 Å². The van der Waals surface area contributed by atoms with Crippen molar-refractivity contribution in [3.63, 3.8) is 0 Å². The van der Waals surface area contributed by atoms with Gasteiger partial charge >= 0.3 is 0 Å². The Bertz CT molecular complexity index is 509. The maximum atomic E-state index is 11.9. The number of hydrogen-bond donors (Lipinski definition) is 1. The minimum absolute atomic E-state index is 0.0417. The van der Waals surface area contributed by atoms with Crippen LogP contribution in [0.25, 0.3) is 11.1 Å². The summed E-state index contributed by atoms with van der Waals surface area (Å²) < 4.78 is 0. The number of pyridine rings is 1. The molecule has 0 aliphatic carbocycles. The van der Waals surface area contributed by atoms with Crippen molar-refractivity contribution in [2.75, 3.05) is 6.54 Å². The van der Waals surface area contributed by atoms with Crippen LogP contribution in [0.15, 0.2) is 48.8 Å². The average Bonchev–Trinajstić information content (AvgIpc) is 2.40. The summed E-state index contributed by atoms with van der Waals surface area (Å²) in [6.07, 6.45) is 3.45. The molecule has 0 saturated heterocycles. The molecule has 0 radical (unpaired) electrons. The van der Waals surface area contributed by atoms with E-state index in [1.165, 1.54) is 0 Å². The lowest BCUT2D eigenvalue weighted by molar-refractivity contribution is 0.0956. The van der Waals surface area contributed by atoms with Crippen molar-refractivity contribution >= 4 is 5.91 Å². The summed E-state index contributed by atoms with van der Waals surface area (Å²) >= 11 is 0. The Morgan fingerprint density at radius 3 is 2.59 bits per heavy atom. The van der Waals surface area contributed by atoms with E-state index >= 15 is 0 Å². The first kappa shape index (κ1) is 11.3. The van der Waals surface area contributed by atoms with Crippen molar-refractivity contribution < 1.29 is 4.79 Å². The van der Waals surface area contributed by atoms with E-state index in [1.54, 1.807) is 12.4 Å². The van der Waals surface area contributed by atoms with Crippen LogP contribution in [0.3, 0.4) is 0 Å². The second-order valence-electron chi connectivity index (χ2n) is 3.64. The number of amides is 1. The fraction of sp³-hybridized carbons (Fsp3) is 0.143. The summed E-state index contributed by atoms with van der Waals surface area (Å²) in [7, 11) is 0. The van der Waals surface area contributed by atoms with Crippen molar-refractivity contribution in [2.45, 2.75) is 6.92 Å². The summed E-state index contributed by atoms with van der Waals surface area (Å²) in [4.78, 5) is 15.9. The zero-order valence-electron chi connectivity index (χ0n) is 9.68. The highest BCUT2D eigenvalue weighted by Crippen LogP contribution is 2.22. The van der Waals surface area contributed by atoms with Crippen LogP contribution in [-0.2, 0) is 0 Å². The van der Waals surface area contributed by atoms with E-state index in [9.17, 15) is 4.79 Å². The third-order valence-corrected chi connectivity index (χ3v) is 2.50. The molecule has 2 aromatic rings. The molecule has 0 unspecified atom stereocenters. The van der Waals surface area contributed by atoms with Crippen molar-refractivity contribution in [3.05, 3.63) is 54.4 Å². The monoisotopic (exact) mass is 226 g/mol. The van der Waals surface area contributed by atoms with Crippen LogP contribution >= 0.6 is 0 Å². The molecule has 2 rings (SSSR count). The van der Waals surface area contributed by atoms with Gasteiger partial charge in [-0.1, -0.05) is 18.2 Å². The summed E-state index contributed by atoms with van der Waals surface area (Å²) in [5.41, 5.74) is 2.63. The van der Waals surface area contributed by atoms with Crippen LogP contribution in [0.2, 0.25) is 0 Å². The van der Waals surface area contributed by atoms with Gasteiger partial charge in [0.1, 0.15) is 0 Å². The first-order valence-corrected chi connectivity index (χ1v) is 5.60. The molecule has 0 saturated carbocycles. The van der Waals surface area contributed by atoms with Gasteiger partial charge < -0.3 is 5.32 Å². The normalized spacial score (nSPS) is 9.94. The lowest BCUT2D eigenvalue weighted by atomic mass is 10.0. The van der Waals surface area contributed by atoms with Crippen LogP contribution in [-0.4, -0.2) is 17.4 Å². The SMILES string of the molecule is CCNC(=O)c1ccccc1-c1ccncc1. The Morgan fingerprint density at radius 1 is 1.18 bits per heavy atom. The zero-order valence-corrected chi connectivity index (χ0v) is 9.68. The van der Waals surface area contributed by atoms with Gasteiger partial charge in [-0.25, -0.2) is 0 Å². The van der Waals surface area contributed by atoms with Crippen molar-refractivity contribution in [1.82, 2.24) is 10.3 Å². The van der Waals surface area contributed by atoms with Gasteiger partial charge in [0, 0.05) is 24.5 Å². The van der Waals surface area contributed by atoms with Crippen molar-refractivity contribution in [1.29, 1.82) is 0 Å². The van der Waals surface area contributed by atoms with Gasteiger partial charge in [-0.2, -0.15) is 0 Å². The van der Waals surface area contributed by atoms with Crippen LogP contribution in [0.1, 0.15) is 17.3 Å². The maximum absolute atomic E-state index is 11.9. The number of rotatable bonds is 3. The highest BCUT2D eigenvalue weighted by molar-refractivity contribution is 6.00. The first-order valence-electron chi connectivity index (χ1n) is 5.60. The molecule has 0 atom stereocenters. The predicted molar refractivity (Wildman–Crippen MR) is 67.7 cm³/mol. The second kappa shape index (κ2) is 5.25. The average molecular weight is 226 g/mol. The molecule has 3 nitrogen and oxygen atoms in total. The van der Waals surface area contributed by atoms with Crippen LogP contribution in [0, 0.1) is 0 Å². The molecule has 1 heterocycles. The molecule has 1 aromatic heterocycles. The molecule has 0 spiro atoms. The third kappa shape index (κ3) is 2.50. The van der Waals surface area contributed by atoms with Crippen LogP contribution in [0.5, 0.6) is 0 Å². The first-order chi connectivity index (χ1) is 8.33. The number of carbonyl (C=O) groups is 1. The summed E-state index contributed by atoms with van der Waals surface area (Å²) in [6, 6.07) is 11.4. The van der Waals surface area contributed by atoms with E-state index in [0.29, 0.717) is 12.1 Å².